The van der Waals surface area contributed by atoms with Crippen LogP contribution in [0.2, 0.25) is 0 Å². The summed E-state index contributed by atoms with van der Waals surface area (Å²) in [7, 11) is 0. The molecule has 0 heterocycles. The molecule has 5 heteroatoms. The van der Waals surface area contributed by atoms with Crippen LogP contribution in [0.1, 0.15) is 31.4 Å². The molecule has 3 N–H and O–H groups in total. The number of hydrogen-bond donors (Lipinski definition) is 2. The summed E-state index contributed by atoms with van der Waals surface area (Å²) in [5.74, 6) is -0.304. The maximum Gasteiger partial charge on any atom is 0.220 e. The molecule has 0 unspecified atom stereocenters. The quantitative estimate of drug-likeness (QED) is 0.777. The smallest absolute Gasteiger partial charge is 0.220 e. The van der Waals surface area contributed by atoms with Crippen molar-refractivity contribution in [3.63, 3.8) is 0 Å². The third-order valence-electron chi connectivity index (χ3n) is 4.01. The molecule has 0 bridgehead atoms. The summed E-state index contributed by atoms with van der Waals surface area (Å²) in [4.78, 5) is 12.0. The maximum absolute atomic E-state index is 13.9. The minimum absolute atomic E-state index is 0. The fraction of sp³-hybridized carbons (Fsp3) is 0.316. The molecule has 2 aromatic rings. The second kappa shape index (κ2) is 8.69. The largest absolute Gasteiger partial charge is 0.399 e. The summed E-state index contributed by atoms with van der Waals surface area (Å²) in [5.41, 5.74) is 7.68. The molecular formula is C19H24ClFN2O. The number of hydrogen-bond acceptors (Lipinski definition) is 2. The second-order valence-electron chi connectivity index (χ2n) is 6.34. The number of carbonyl (C=O) groups is 1. The lowest BCUT2D eigenvalue weighted by Gasteiger charge is -2.26. The van der Waals surface area contributed by atoms with Gasteiger partial charge in [0.2, 0.25) is 5.91 Å². The van der Waals surface area contributed by atoms with Gasteiger partial charge < -0.3 is 11.1 Å². The van der Waals surface area contributed by atoms with E-state index in [1.807, 2.05) is 38.1 Å². The summed E-state index contributed by atoms with van der Waals surface area (Å²) >= 11 is 0. The Morgan fingerprint density at radius 1 is 1.12 bits per heavy atom. The monoisotopic (exact) mass is 350 g/mol. The first-order chi connectivity index (χ1) is 10.9. The van der Waals surface area contributed by atoms with Gasteiger partial charge in [0.25, 0.3) is 0 Å². The van der Waals surface area contributed by atoms with Crippen LogP contribution in [0.5, 0.6) is 0 Å². The molecule has 2 aromatic carbocycles. The summed E-state index contributed by atoms with van der Waals surface area (Å²) in [6, 6.07) is 14.2. The number of amides is 1. The lowest BCUT2D eigenvalue weighted by atomic mass is 9.84. The van der Waals surface area contributed by atoms with Gasteiger partial charge in [-0.25, -0.2) is 4.39 Å². The van der Waals surface area contributed by atoms with Gasteiger partial charge in [-0.1, -0.05) is 50.2 Å². The van der Waals surface area contributed by atoms with Gasteiger partial charge >= 0.3 is 0 Å². The normalized spacial score (nSPS) is 10.8. The third-order valence-corrected chi connectivity index (χ3v) is 4.01. The number of aryl methyl sites for hydroxylation is 1. The molecule has 0 fully saturated rings. The minimum atomic E-state index is -0.465. The molecular weight excluding hydrogens is 327 g/mol. The highest BCUT2D eigenvalue weighted by molar-refractivity contribution is 5.85. The van der Waals surface area contributed by atoms with Crippen molar-refractivity contribution in [1.29, 1.82) is 0 Å². The van der Waals surface area contributed by atoms with Crippen molar-refractivity contribution in [3.8, 4) is 0 Å². The number of nitrogens with two attached hydrogens (primary N) is 1. The molecule has 0 aromatic heterocycles. The molecule has 0 radical (unpaired) electrons. The molecule has 130 valence electrons. The zero-order chi connectivity index (χ0) is 16.9. The Bertz CT molecular complexity index is 689. The Hall–Kier alpha value is -2.07. The van der Waals surface area contributed by atoms with Crippen molar-refractivity contribution in [2.75, 3.05) is 12.3 Å². The van der Waals surface area contributed by atoms with E-state index in [1.54, 1.807) is 18.2 Å². The summed E-state index contributed by atoms with van der Waals surface area (Å²) < 4.78 is 13.9. The van der Waals surface area contributed by atoms with E-state index >= 15 is 0 Å². The Morgan fingerprint density at radius 2 is 1.75 bits per heavy atom. The predicted molar refractivity (Wildman–Crippen MR) is 98.9 cm³/mol. The Labute approximate surface area is 148 Å². The van der Waals surface area contributed by atoms with E-state index in [0.717, 1.165) is 5.56 Å². The first-order valence-corrected chi connectivity index (χ1v) is 7.75. The van der Waals surface area contributed by atoms with Gasteiger partial charge in [0.05, 0.1) is 0 Å². The van der Waals surface area contributed by atoms with Gasteiger partial charge in [-0.05, 0) is 29.7 Å². The zero-order valence-corrected chi connectivity index (χ0v) is 14.8. The van der Waals surface area contributed by atoms with E-state index in [4.69, 9.17) is 5.73 Å². The van der Waals surface area contributed by atoms with Crippen LogP contribution >= 0.6 is 12.4 Å². The van der Waals surface area contributed by atoms with Crippen LogP contribution in [0, 0.1) is 5.82 Å². The van der Waals surface area contributed by atoms with Crippen LogP contribution in [0.4, 0.5) is 10.1 Å². The van der Waals surface area contributed by atoms with Crippen molar-refractivity contribution >= 4 is 24.0 Å². The fourth-order valence-corrected chi connectivity index (χ4v) is 2.52. The molecule has 24 heavy (non-hydrogen) atoms. The average Bonchev–Trinajstić information content (AvgIpc) is 2.52. The van der Waals surface area contributed by atoms with Crippen molar-refractivity contribution < 1.29 is 9.18 Å². The number of nitrogens with one attached hydrogen (secondary N) is 1. The Morgan fingerprint density at radius 3 is 2.42 bits per heavy atom. The van der Waals surface area contributed by atoms with Gasteiger partial charge in [0.1, 0.15) is 5.82 Å². The van der Waals surface area contributed by atoms with E-state index < -0.39 is 5.41 Å². The van der Waals surface area contributed by atoms with Crippen molar-refractivity contribution in [2.45, 2.75) is 32.1 Å². The molecule has 0 spiro atoms. The molecule has 1 amide bonds. The summed E-state index contributed by atoms with van der Waals surface area (Å²) in [6.45, 7) is 4.22. The Kier molecular flexibility index (Phi) is 7.23. The Balaban J connectivity index is 0.00000288. The standard InChI is InChI=1S/C19H23FN2O.ClH/c1-19(2,15-8-4-5-9-16(15)20)13-22-18(23)12-11-14-7-3-6-10-17(14)21;/h3-10H,11-13,21H2,1-2H3,(H,22,23);1H. The van der Waals surface area contributed by atoms with Crippen molar-refractivity contribution in [3.05, 3.63) is 65.5 Å². The third kappa shape index (κ3) is 5.24. The zero-order valence-electron chi connectivity index (χ0n) is 14.0. The highest BCUT2D eigenvalue weighted by Crippen LogP contribution is 2.24. The van der Waals surface area contributed by atoms with Gasteiger partial charge in [0.15, 0.2) is 0 Å². The molecule has 3 nitrogen and oxygen atoms in total. The van der Waals surface area contributed by atoms with E-state index in [1.165, 1.54) is 6.07 Å². The fourth-order valence-electron chi connectivity index (χ4n) is 2.52. The van der Waals surface area contributed by atoms with Crippen LogP contribution in [0.15, 0.2) is 48.5 Å². The molecule has 2 rings (SSSR count). The summed E-state index contributed by atoms with van der Waals surface area (Å²) in [6.07, 6.45) is 0.959. The number of anilines is 1. The lowest BCUT2D eigenvalue weighted by molar-refractivity contribution is -0.121. The van der Waals surface area contributed by atoms with Crippen LogP contribution in [0.25, 0.3) is 0 Å². The topological polar surface area (TPSA) is 55.1 Å². The van der Waals surface area contributed by atoms with Crippen molar-refractivity contribution in [2.24, 2.45) is 0 Å². The first kappa shape index (κ1) is 20.0. The van der Waals surface area contributed by atoms with Gasteiger partial charge in [0, 0.05) is 24.1 Å². The van der Waals surface area contributed by atoms with Crippen LogP contribution < -0.4 is 11.1 Å². The van der Waals surface area contributed by atoms with E-state index in [-0.39, 0.29) is 24.1 Å². The van der Waals surface area contributed by atoms with Gasteiger partial charge in [-0.3, -0.25) is 4.79 Å². The molecule has 0 saturated heterocycles. The molecule has 0 aliphatic carbocycles. The lowest BCUT2D eigenvalue weighted by Crippen LogP contribution is -2.37. The van der Waals surface area contributed by atoms with Crippen LogP contribution in [-0.2, 0) is 16.6 Å². The first-order valence-electron chi connectivity index (χ1n) is 7.75. The van der Waals surface area contributed by atoms with Crippen LogP contribution in [0.3, 0.4) is 0 Å². The highest BCUT2D eigenvalue weighted by Gasteiger charge is 2.24. The second-order valence-corrected chi connectivity index (χ2v) is 6.34. The van der Waals surface area contributed by atoms with Crippen molar-refractivity contribution in [1.82, 2.24) is 5.32 Å². The molecule has 0 atom stereocenters. The number of para-hydroxylation sites is 1. The molecule has 0 saturated carbocycles. The average molecular weight is 351 g/mol. The van der Waals surface area contributed by atoms with Crippen LogP contribution in [-0.4, -0.2) is 12.5 Å². The van der Waals surface area contributed by atoms with E-state index in [0.29, 0.717) is 30.6 Å². The highest BCUT2D eigenvalue weighted by atomic mass is 35.5. The predicted octanol–water partition coefficient (Wildman–Crippen LogP) is 3.86. The SMILES string of the molecule is CC(C)(CNC(=O)CCc1ccccc1N)c1ccccc1F.Cl. The number of benzene rings is 2. The van der Waals surface area contributed by atoms with Gasteiger partial charge in [-0.15, -0.1) is 12.4 Å². The molecule has 0 aliphatic rings. The van der Waals surface area contributed by atoms with E-state index in [2.05, 4.69) is 5.32 Å². The number of halogens is 2. The van der Waals surface area contributed by atoms with Gasteiger partial charge in [-0.2, -0.15) is 0 Å². The maximum atomic E-state index is 13.9. The number of carbonyl (C=O) groups excluding carboxylic acids is 1. The summed E-state index contributed by atoms with van der Waals surface area (Å²) in [5, 5.41) is 2.89. The van der Waals surface area contributed by atoms with E-state index in [9.17, 15) is 9.18 Å². The molecule has 0 aliphatic heterocycles. The minimum Gasteiger partial charge on any atom is -0.399 e. The number of rotatable bonds is 6. The number of nitrogen functional groups attached to an aromatic ring is 1.